The number of pyridine rings is 1. The standard InChI is InChI=1S/C17H18N2O3S/c1-10(20)14-5-6-15(23-14)17(22)19-16(11-8-12(21)9-11)13-4-2-3-7-18-13/h2-7,11-12,16,21H,8-9H2,1H3,(H,19,22). The Kier molecular flexibility index (Phi) is 4.54. The second-order valence-electron chi connectivity index (χ2n) is 5.81. The van der Waals surface area contributed by atoms with Gasteiger partial charge in [-0.05, 0) is 49.9 Å². The van der Waals surface area contributed by atoms with Crippen molar-refractivity contribution in [3.63, 3.8) is 0 Å². The zero-order valence-corrected chi connectivity index (χ0v) is 13.5. The van der Waals surface area contributed by atoms with Crippen LogP contribution in [0.3, 0.4) is 0 Å². The van der Waals surface area contributed by atoms with Crippen molar-refractivity contribution in [1.29, 1.82) is 0 Å². The molecule has 0 saturated heterocycles. The Morgan fingerprint density at radius 1 is 1.26 bits per heavy atom. The Morgan fingerprint density at radius 3 is 2.57 bits per heavy atom. The summed E-state index contributed by atoms with van der Waals surface area (Å²) in [5, 5.41) is 12.6. The molecule has 0 spiro atoms. The van der Waals surface area contributed by atoms with Crippen LogP contribution in [0.1, 0.15) is 50.8 Å². The van der Waals surface area contributed by atoms with E-state index in [-0.39, 0.29) is 29.8 Å². The Hall–Kier alpha value is -2.05. The highest BCUT2D eigenvalue weighted by Gasteiger charge is 2.36. The van der Waals surface area contributed by atoms with E-state index in [1.165, 1.54) is 18.3 Å². The van der Waals surface area contributed by atoms with E-state index in [9.17, 15) is 14.7 Å². The van der Waals surface area contributed by atoms with Crippen LogP contribution in [0.2, 0.25) is 0 Å². The zero-order chi connectivity index (χ0) is 16.4. The van der Waals surface area contributed by atoms with Gasteiger partial charge >= 0.3 is 0 Å². The maximum absolute atomic E-state index is 12.5. The first-order valence-electron chi connectivity index (χ1n) is 7.55. The first-order chi connectivity index (χ1) is 11.0. The molecule has 23 heavy (non-hydrogen) atoms. The monoisotopic (exact) mass is 330 g/mol. The van der Waals surface area contributed by atoms with Crippen LogP contribution in [-0.4, -0.2) is 27.9 Å². The third-order valence-corrected chi connectivity index (χ3v) is 5.28. The molecule has 2 heterocycles. The molecule has 120 valence electrons. The lowest BCUT2D eigenvalue weighted by molar-refractivity contribution is 0.0228. The van der Waals surface area contributed by atoms with Gasteiger partial charge in [-0.15, -0.1) is 11.3 Å². The summed E-state index contributed by atoms with van der Waals surface area (Å²) in [5.41, 5.74) is 0.793. The summed E-state index contributed by atoms with van der Waals surface area (Å²) in [6, 6.07) is 8.71. The molecule has 0 radical (unpaired) electrons. The number of hydrogen-bond donors (Lipinski definition) is 2. The number of carbonyl (C=O) groups is 2. The van der Waals surface area contributed by atoms with Crippen LogP contribution < -0.4 is 5.32 Å². The van der Waals surface area contributed by atoms with Crippen LogP contribution in [0, 0.1) is 5.92 Å². The molecule has 2 aromatic heterocycles. The van der Waals surface area contributed by atoms with Gasteiger partial charge in [0.15, 0.2) is 5.78 Å². The average molecular weight is 330 g/mol. The van der Waals surface area contributed by atoms with Gasteiger partial charge in [0.05, 0.1) is 27.6 Å². The number of rotatable bonds is 5. The number of aliphatic hydroxyl groups is 1. The van der Waals surface area contributed by atoms with E-state index < -0.39 is 0 Å². The SMILES string of the molecule is CC(=O)c1ccc(C(=O)NC(c2ccccn2)C2CC(O)C2)s1. The lowest BCUT2D eigenvalue weighted by Crippen LogP contribution is -2.41. The number of thiophene rings is 1. The Balaban J connectivity index is 1.77. The third kappa shape index (κ3) is 3.48. The number of carbonyl (C=O) groups excluding carboxylic acids is 2. The Morgan fingerprint density at radius 2 is 2.00 bits per heavy atom. The minimum atomic E-state index is -0.297. The number of aliphatic hydroxyl groups excluding tert-OH is 1. The van der Waals surface area contributed by atoms with Gasteiger partial charge in [-0.2, -0.15) is 0 Å². The van der Waals surface area contributed by atoms with Crippen molar-refractivity contribution in [1.82, 2.24) is 10.3 Å². The summed E-state index contributed by atoms with van der Waals surface area (Å²) >= 11 is 1.19. The highest BCUT2D eigenvalue weighted by molar-refractivity contribution is 7.15. The minimum Gasteiger partial charge on any atom is -0.393 e. The quantitative estimate of drug-likeness (QED) is 0.826. The highest BCUT2D eigenvalue weighted by Crippen LogP contribution is 2.37. The molecule has 3 rings (SSSR count). The van der Waals surface area contributed by atoms with Gasteiger partial charge in [0.25, 0.3) is 5.91 Å². The largest absolute Gasteiger partial charge is 0.393 e. The molecular formula is C17H18N2O3S. The van der Waals surface area contributed by atoms with Crippen LogP contribution in [0.25, 0.3) is 0 Å². The molecule has 0 aliphatic heterocycles. The lowest BCUT2D eigenvalue weighted by atomic mass is 9.76. The Bertz CT molecular complexity index is 708. The van der Waals surface area contributed by atoms with Crippen molar-refractivity contribution in [3.05, 3.63) is 52.0 Å². The van der Waals surface area contributed by atoms with E-state index in [4.69, 9.17) is 0 Å². The van der Waals surface area contributed by atoms with Crippen molar-refractivity contribution in [2.24, 2.45) is 5.92 Å². The molecular weight excluding hydrogens is 312 g/mol. The van der Waals surface area contributed by atoms with Gasteiger partial charge in [-0.1, -0.05) is 6.07 Å². The fourth-order valence-electron chi connectivity index (χ4n) is 2.76. The van der Waals surface area contributed by atoms with Crippen molar-refractivity contribution >= 4 is 23.0 Å². The molecule has 1 amide bonds. The van der Waals surface area contributed by atoms with Gasteiger partial charge in [0.1, 0.15) is 0 Å². The molecule has 0 bridgehead atoms. The van der Waals surface area contributed by atoms with E-state index in [0.717, 1.165) is 5.69 Å². The zero-order valence-electron chi connectivity index (χ0n) is 12.7. The fourth-order valence-corrected chi connectivity index (χ4v) is 3.56. The molecule has 1 aliphatic carbocycles. The summed E-state index contributed by atoms with van der Waals surface area (Å²) in [5.74, 6) is -0.0759. The predicted molar refractivity (Wildman–Crippen MR) is 87.5 cm³/mol. The summed E-state index contributed by atoms with van der Waals surface area (Å²) in [7, 11) is 0. The maximum atomic E-state index is 12.5. The van der Waals surface area contributed by atoms with Gasteiger partial charge in [-0.25, -0.2) is 0 Å². The normalized spacial score (nSPS) is 21.3. The Labute approximate surface area is 138 Å². The van der Waals surface area contributed by atoms with Gasteiger partial charge < -0.3 is 10.4 Å². The van der Waals surface area contributed by atoms with E-state index in [2.05, 4.69) is 10.3 Å². The minimum absolute atomic E-state index is 0.0440. The predicted octanol–water partition coefficient (Wildman–Crippen LogP) is 2.59. The molecule has 1 saturated carbocycles. The number of amides is 1. The molecule has 5 nitrogen and oxygen atoms in total. The molecule has 0 aromatic carbocycles. The number of Topliss-reactive ketones (excluding diaryl/α,β-unsaturated/α-hetero) is 1. The average Bonchev–Trinajstić information content (AvgIpc) is 3.01. The smallest absolute Gasteiger partial charge is 0.261 e. The molecule has 6 heteroatoms. The first-order valence-corrected chi connectivity index (χ1v) is 8.37. The van der Waals surface area contributed by atoms with Crippen molar-refractivity contribution in [2.45, 2.75) is 31.9 Å². The topological polar surface area (TPSA) is 79.3 Å². The van der Waals surface area contributed by atoms with E-state index in [1.54, 1.807) is 18.3 Å². The van der Waals surface area contributed by atoms with Gasteiger partial charge in [0, 0.05) is 6.20 Å². The number of nitrogens with zero attached hydrogens (tertiary/aromatic N) is 1. The van der Waals surface area contributed by atoms with Crippen LogP contribution in [-0.2, 0) is 0 Å². The number of nitrogens with one attached hydrogen (secondary N) is 1. The summed E-state index contributed by atoms with van der Waals surface area (Å²) in [4.78, 5) is 29.3. The second-order valence-corrected chi connectivity index (χ2v) is 6.89. The van der Waals surface area contributed by atoms with Crippen molar-refractivity contribution in [3.8, 4) is 0 Å². The lowest BCUT2D eigenvalue weighted by Gasteiger charge is -2.37. The van der Waals surface area contributed by atoms with E-state index in [0.29, 0.717) is 22.6 Å². The van der Waals surface area contributed by atoms with Gasteiger partial charge in [-0.3, -0.25) is 14.6 Å². The van der Waals surface area contributed by atoms with E-state index in [1.807, 2.05) is 18.2 Å². The van der Waals surface area contributed by atoms with Crippen LogP contribution in [0.15, 0.2) is 36.5 Å². The van der Waals surface area contributed by atoms with Crippen molar-refractivity contribution in [2.75, 3.05) is 0 Å². The molecule has 2 aromatic rings. The van der Waals surface area contributed by atoms with Crippen LogP contribution in [0.4, 0.5) is 0 Å². The highest BCUT2D eigenvalue weighted by atomic mass is 32.1. The van der Waals surface area contributed by atoms with E-state index >= 15 is 0 Å². The second kappa shape index (κ2) is 6.60. The number of hydrogen-bond acceptors (Lipinski definition) is 5. The maximum Gasteiger partial charge on any atom is 0.261 e. The summed E-state index contributed by atoms with van der Waals surface area (Å²) in [6.07, 6.45) is 2.71. The first kappa shape index (κ1) is 15.8. The molecule has 1 aliphatic rings. The third-order valence-electron chi connectivity index (χ3n) is 4.09. The summed E-state index contributed by atoms with van der Waals surface area (Å²) < 4.78 is 0. The number of ketones is 1. The molecule has 1 unspecified atom stereocenters. The number of aromatic nitrogens is 1. The fraction of sp³-hybridized carbons (Fsp3) is 0.353. The molecule has 2 N–H and O–H groups in total. The molecule has 1 fully saturated rings. The van der Waals surface area contributed by atoms with Crippen LogP contribution >= 0.6 is 11.3 Å². The van der Waals surface area contributed by atoms with Crippen molar-refractivity contribution < 1.29 is 14.7 Å². The van der Waals surface area contributed by atoms with Gasteiger partial charge in [0.2, 0.25) is 0 Å². The van der Waals surface area contributed by atoms with Crippen LogP contribution in [0.5, 0.6) is 0 Å². The summed E-state index contributed by atoms with van der Waals surface area (Å²) in [6.45, 7) is 1.49. The molecule has 1 atom stereocenters.